The highest BCUT2D eigenvalue weighted by Gasteiger charge is 2.19. The number of hydrogen-bond acceptors (Lipinski definition) is 6. The van der Waals surface area contributed by atoms with Crippen LogP contribution in [0.1, 0.15) is 27.7 Å². The number of hydrogen-bond donors (Lipinski definition) is 2. The second kappa shape index (κ2) is 28.4. The second-order valence-electron chi connectivity index (χ2n) is 7.85. The third-order valence-electron chi connectivity index (χ3n) is 3.56. The summed E-state index contributed by atoms with van der Waals surface area (Å²) in [7, 11) is 1.08. The largest absolute Gasteiger partial charge is 0.398 e. The Bertz CT molecular complexity index is 265. The zero-order valence-electron chi connectivity index (χ0n) is 19.3. The van der Waals surface area contributed by atoms with Gasteiger partial charge in [-0.2, -0.15) is 0 Å². The lowest BCUT2D eigenvalue weighted by molar-refractivity contribution is 0.0927. The SMILES string of the molecule is C.C.CO[Si](C)(C)OC.C[SiH2]CCCOCCO.C[Si](C)(C)CCCOCCO. The normalized spacial score (nSPS) is 11.0. The van der Waals surface area contributed by atoms with E-state index in [9.17, 15) is 0 Å². The maximum absolute atomic E-state index is 8.41. The van der Waals surface area contributed by atoms with Crippen LogP contribution in [0.2, 0.25) is 51.4 Å². The molecule has 184 valence electrons. The van der Waals surface area contributed by atoms with Crippen LogP contribution in [0.5, 0.6) is 0 Å². The molecule has 0 amide bonds. The molecule has 0 heterocycles. The number of aliphatic hydroxyl groups excluding tert-OH is 2. The van der Waals surface area contributed by atoms with Gasteiger partial charge < -0.3 is 28.5 Å². The molecule has 0 radical (unpaired) electrons. The fraction of sp³-hybridized carbons (Fsp3) is 1.00. The lowest BCUT2D eigenvalue weighted by atomic mass is 10.5. The monoisotopic (exact) mass is 476 g/mol. The molecule has 0 aromatic heterocycles. The van der Waals surface area contributed by atoms with Gasteiger partial charge in [0.2, 0.25) is 0 Å². The van der Waals surface area contributed by atoms with Crippen molar-refractivity contribution in [2.45, 2.75) is 79.1 Å². The topological polar surface area (TPSA) is 77.4 Å². The van der Waals surface area contributed by atoms with Crippen LogP contribution in [0.25, 0.3) is 0 Å². The first-order valence-electron chi connectivity index (χ1n) is 10.1. The van der Waals surface area contributed by atoms with Crippen molar-refractivity contribution in [3.05, 3.63) is 0 Å². The maximum Gasteiger partial charge on any atom is 0.331 e. The molecule has 2 N–H and O–H groups in total. The molecule has 0 saturated carbocycles. The van der Waals surface area contributed by atoms with Crippen LogP contribution < -0.4 is 0 Å². The molecule has 9 heteroatoms. The summed E-state index contributed by atoms with van der Waals surface area (Å²) < 4.78 is 20.2. The highest BCUT2D eigenvalue weighted by molar-refractivity contribution is 6.76. The molecule has 0 aromatic carbocycles. The third-order valence-corrected chi connectivity index (χ3v) is 8.59. The lowest BCUT2D eigenvalue weighted by Crippen LogP contribution is -2.31. The van der Waals surface area contributed by atoms with Gasteiger partial charge in [0, 0.05) is 45.0 Å². The molecule has 0 aliphatic carbocycles. The summed E-state index contributed by atoms with van der Waals surface area (Å²) in [6.07, 6.45) is 2.33. The molecule has 0 rings (SSSR count). The highest BCUT2D eigenvalue weighted by atomic mass is 28.4. The first-order chi connectivity index (χ1) is 12.6. The molecular formula is C20H56O6Si3. The standard InChI is InChI=1S/C8H20O2Si.C6H16O2Si.C4H12O2Si.2CH4/c1-11(2,3)8-4-6-10-7-5-9;1-9-6-2-4-8-5-3-7;1-5-7(3,4)6-2;;/h9H,4-8H2,1-3H3;7H,2-6,9H2,1H3;1-4H3;2*1H4. The van der Waals surface area contributed by atoms with Crippen LogP contribution in [0.4, 0.5) is 0 Å². The van der Waals surface area contributed by atoms with Gasteiger partial charge in [0.05, 0.1) is 26.4 Å². The van der Waals surface area contributed by atoms with Crippen molar-refractivity contribution in [2.75, 3.05) is 53.9 Å². The highest BCUT2D eigenvalue weighted by Crippen LogP contribution is 2.10. The van der Waals surface area contributed by atoms with Gasteiger partial charge in [0.15, 0.2) is 0 Å². The quantitative estimate of drug-likeness (QED) is 0.291. The summed E-state index contributed by atoms with van der Waals surface area (Å²) in [5.41, 5.74) is 0. The lowest BCUT2D eigenvalue weighted by Gasteiger charge is -2.15. The molecule has 0 bridgehead atoms. The van der Waals surface area contributed by atoms with E-state index in [4.69, 9.17) is 28.5 Å². The van der Waals surface area contributed by atoms with Crippen molar-refractivity contribution in [3.8, 4) is 0 Å². The Balaban J connectivity index is -0.0000000983. The Morgan fingerprint density at radius 2 is 1.14 bits per heavy atom. The molecule has 0 aliphatic rings. The minimum Gasteiger partial charge on any atom is -0.398 e. The first-order valence-corrected chi connectivity index (χ1v) is 19.0. The van der Waals surface area contributed by atoms with Gasteiger partial charge >= 0.3 is 8.56 Å². The molecule has 0 aliphatic heterocycles. The van der Waals surface area contributed by atoms with Gasteiger partial charge in [0.25, 0.3) is 0 Å². The minimum atomic E-state index is -1.65. The molecule has 0 unspecified atom stereocenters. The van der Waals surface area contributed by atoms with E-state index in [1.807, 2.05) is 13.1 Å². The molecular weight excluding hydrogens is 420 g/mol. The number of aliphatic hydroxyl groups is 2. The van der Waals surface area contributed by atoms with Crippen LogP contribution in [0.15, 0.2) is 0 Å². The fourth-order valence-electron chi connectivity index (χ4n) is 1.58. The van der Waals surface area contributed by atoms with E-state index in [1.54, 1.807) is 14.2 Å². The zero-order chi connectivity index (χ0) is 21.6. The Labute approximate surface area is 187 Å². The molecule has 0 fully saturated rings. The Kier molecular flexibility index (Phi) is 39.0. The summed E-state index contributed by atoms with van der Waals surface area (Å²) in [5, 5.41) is 16.7. The van der Waals surface area contributed by atoms with Gasteiger partial charge in [-0.15, -0.1) is 0 Å². The van der Waals surface area contributed by atoms with Gasteiger partial charge in [-0.3, -0.25) is 0 Å². The number of ether oxygens (including phenoxy) is 2. The van der Waals surface area contributed by atoms with Crippen LogP contribution in [-0.2, 0) is 18.3 Å². The average Bonchev–Trinajstić information content (AvgIpc) is 2.62. The molecule has 0 atom stereocenters. The van der Waals surface area contributed by atoms with Crippen LogP contribution in [0, 0.1) is 0 Å². The van der Waals surface area contributed by atoms with Crippen molar-refractivity contribution in [3.63, 3.8) is 0 Å². The van der Waals surface area contributed by atoms with Gasteiger partial charge in [-0.1, -0.05) is 53.1 Å². The summed E-state index contributed by atoms with van der Waals surface area (Å²) >= 11 is 0. The molecule has 0 spiro atoms. The summed E-state index contributed by atoms with van der Waals surface area (Å²) in [6.45, 7) is 16.3. The Hall–Kier alpha value is 0.411. The van der Waals surface area contributed by atoms with Crippen molar-refractivity contribution in [1.29, 1.82) is 0 Å². The van der Waals surface area contributed by atoms with Gasteiger partial charge in [-0.25, -0.2) is 0 Å². The average molecular weight is 477 g/mol. The molecule has 0 aromatic rings. The minimum absolute atomic E-state index is 0. The fourth-order valence-corrected chi connectivity index (χ4v) is 3.65. The Morgan fingerprint density at radius 3 is 1.41 bits per heavy atom. The van der Waals surface area contributed by atoms with E-state index in [0.29, 0.717) is 13.2 Å². The predicted octanol–water partition coefficient (Wildman–Crippen LogP) is 4.00. The van der Waals surface area contributed by atoms with Crippen molar-refractivity contribution >= 4 is 26.2 Å². The Morgan fingerprint density at radius 1 is 0.724 bits per heavy atom. The smallest absolute Gasteiger partial charge is 0.331 e. The van der Waals surface area contributed by atoms with E-state index < -0.39 is 16.6 Å². The maximum atomic E-state index is 8.41. The second-order valence-corrected chi connectivity index (χ2v) is 18.8. The molecule has 29 heavy (non-hydrogen) atoms. The molecule has 0 saturated heterocycles. The van der Waals surface area contributed by atoms with Gasteiger partial charge in [-0.05, 0) is 25.9 Å². The summed E-state index contributed by atoms with van der Waals surface area (Å²) in [4.78, 5) is 0. The van der Waals surface area contributed by atoms with Crippen LogP contribution >= 0.6 is 0 Å². The van der Waals surface area contributed by atoms with E-state index in [-0.39, 0.29) is 37.6 Å². The van der Waals surface area contributed by atoms with E-state index >= 15 is 0 Å². The van der Waals surface area contributed by atoms with Crippen LogP contribution in [-0.4, -0.2) is 90.2 Å². The van der Waals surface area contributed by atoms with E-state index in [0.717, 1.165) is 19.6 Å². The van der Waals surface area contributed by atoms with E-state index in [1.165, 1.54) is 18.5 Å². The van der Waals surface area contributed by atoms with Crippen molar-refractivity contribution in [2.24, 2.45) is 0 Å². The predicted molar refractivity (Wildman–Crippen MR) is 137 cm³/mol. The van der Waals surface area contributed by atoms with Crippen LogP contribution in [0.3, 0.4) is 0 Å². The zero-order valence-corrected chi connectivity index (χ0v) is 22.7. The number of rotatable bonds is 14. The molecule has 6 nitrogen and oxygen atoms in total. The van der Waals surface area contributed by atoms with Gasteiger partial charge in [0.1, 0.15) is 0 Å². The first kappa shape index (κ1) is 39.8. The third kappa shape index (κ3) is 47.6. The van der Waals surface area contributed by atoms with Crippen molar-refractivity contribution < 1.29 is 28.5 Å². The summed E-state index contributed by atoms with van der Waals surface area (Å²) in [6, 6.07) is 2.68. The van der Waals surface area contributed by atoms with Crippen molar-refractivity contribution in [1.82, 2.24) is 0 Å². The summed E-state index contributed by atoms with van der Waals surface area (Å²) in [5.74, 6) is 0. The van der Waals surface area contributed by atoms with E-state index in [2.05, 4.69) is 26.2 Å².